The van der Waals surface area contributed by atoms with Crippen molar-refractivity contribution < 1.29 is 19.1 Å². The number of carbonyl (C=O) groups excluding carboxylic acids is 2. The van der Waals surface area contributed by atoms with Crippen LogP contribution in [0.25, 0.3) is 0 Å². The van der Waals surface area contributed by atoms with Crippen LogP contribution >= 0.6 is 0 Å². The van der Waals surface area contributed by atoms with E-state index in [1.54, 1.807) is 25.2 Å². The van der Waals surface area contributed by atoms with Crippen LogP contribution in [0.2, 0.25) is 0 Å². The van der Waals surface area contributed by atoms with Crippen LogP contribution in [0, 0.1) is 0 Å². The van der Waals surface area contributed by atoms with Gasteiger partial charge < -0.3 is 19.3 Å². The summed E-state index contributed by atoms with van der Waals surface area (Å²) in [4.78, 5) is 30.2. The summed E-state index contributed by atoms with van der Waals surface area (Å²) in [6, 6.07) is 13.7. The van der Waals surface area contributed by atoms with Crippen molar-refractivity contribution in [1.82, 2.24) is 20.0 Å². The summed E-state index contributed by atoms with van der Waals surface area (Å²) in [6.07, 6.45) is 1.67. The quantitative estimate of drug-likeness (QED) is 0.633. The van der Waals surface area contributed by atoms with Gasteiger partial charge in [0, 0.05) is 49.4 Å². The van der Waals surface area contributed by atoms with Gasteiger partial charge >= 0.3 is 0 Å². The summed E-state index contributed by atoms with van der Waals surface area (Å²) >= 11 is 0. The molecule has 176 valence electrons. The van der Waals surface area contributed by atoms with E-state index in [4.69, 9.17) is 9.47 Å². The molecule has 2 aliphatic rings. The number of hydrogen-bond donors (Lipinski definition) is 1. The van der Waals surface area contributed by atoms with E-state index in [1.807, 2.05) is 29.2 Å². The lowest BCUT2D eigenvalue weighted by atomic mass is 9.98. The summed E-state index contributed by atoms with van der Waals surface area (Å²) in [5.41, 5.74) is 5.42. The first-order valence-electron chi connectivity index (χ1n) is 11.5. The van der Waals surface area contributed by atoms with Crippen molar-refractivity contribution in [3.8, 4) is 11.5 Å². The molecule has 0 aliphatic carbocycles. The van der Waals surface area contributed by atoms with Crippen molar-refractivity contribution in [3.63, 3.8) is 0 Å². The Morgan fingerprint density at radius 1 is 0.971 bits per heavy atom. The fraction of sp³-hybridized carbons (Fsp3) is 0.346. The van der Waals surface area contributed by atoms with Crippen molar-refractivity contribution in [3.05, 3.63) is 76.1 Å². The van der Waals surface area contributed by atoms with Gasteiger partial charge in [-0.2, -0.15) is 5.10 Å². The van der Waals surface area contributed by atoms with E-state index >= 15 is 0 Å². The van der Waals surface area contributed by atoms with Crippen molar-refractivity contribution in [2.75, 3.05) is 27.3 Å². The minimum Gasteiger partial charge on any atom is -0.497 e. The topological polar surface area (TPSA) is 87.8 Å². The molecule has 0 bridgehead atoms. The summed E-state index contributed by atoms with van der Waals surface area (Å²) in [7, 11) is 3.18. The predicted octanol–water partition coefficient (Wildman–Crippen LogP) is 2.75. The molecule has 0 atom stereocenters. The van der Waals surface area contributed by atoms with Crippen molar-refractivity contribution in [1.29, 1.82) is 0 Å². The maximum Gasteiger partial charge on any atom is 0.275 e. The Morgan fingerprint density at radius 3 is 2.56 bits per heavy atom. The first kappa shape index (κ1) is 22.0. The molecule has 2 amide bonds. The highest BCUT2D eigenvalue weighted by Gasteiger charge is 2.31. The van der Waals surface area contributed by atoms with Gasteiger partial charge in [-0.1, -0.05) is 24.3 Å². The van der Waals surface area contributed by atoms with Gasteiger partial charge in [0.2, 0.25) is 5.91 Å². The lowest BCUT2D eigenvalue weighted by Crippen LogP contribution is -2.39. The van der Waals surface area contributed by atoms with Crippen LogP contribution in [0.5, 0.6) is 11.5 Å². The maximum absolute atomic E-state index is 13.4. The highest BCUT2D eigenvalue weighted by Crippen LogP contribution is 2.28. The van der Waals surface area contributed by atoms with Crippen LogP contribution in [0.15, 0.2) is 42.5 Å². The summed E-state index contributed by atoms with van der Waals surface area (Å²) in [6.45, 7) is 2.18. The van der Waals surface area contributed by atoms with Gasteiger partial charge in [-0.15, -0.1) is 0 Å². The largest absolute Gasteiger partial charge is 0.497 e. The van der Waals surface area contributed by atoms with Crippen LogP contribution in [-0.4, -0.2) is 59.1 Å². The van der Waals surface area contributed by atoms with E-state index in [2.05, 4.69) is 22.3 Å². The van der Waals surface area contributed by atoms with Gasteiger partial charge in [0.1, 0.15) is 11.5 Å². The molecule has 5 rings (SSSR count). The normalized spacial score (nSPS) is 14.9. The van der Waals surface area contributed by atoms with E-state index in [9.17, 15) is 9.59 Å². The molecule has 34 heavy (non-hydrogen) atoms. The number of hydrogen-bond acceptors (Lipinski definition) is 5. The van der Waals surface area contributed by atoms with Gasteiger partial charge in [0.05, 0.1) is 20.6 Å². The predicted molar refractivity (Wildman–Crippen MR) is 126 cm³/mol. The van der Waals surface area contributed by atoms with E-state index in [0.29, 0.717) is 49.8 Å². The van der Waals surface area contributed by atoms with Crippen molar-refractivity contribution in [2.24, 2.45) is 0 Å². The Hall–Kier alpha value is -3.81. The summed E-state index contributed by atoms with van der Waals surface area (Å²) in [5.74, 6) is 1.21. The molecule has 8 nitrogen and oxygen atoms in total. The minimum absolute atomic E-state index is 0.0244. The number of nitrogens with zero attached hydrogens (tertiary/aromatic N) is 3. The molecule has 0 unspecified atom stereocenters. The molecule has 1 N–H and O–H groups in total. The number of aromatic amines is 1. The molecule has 0 radical (unpaired) electrons. The first-order valence-corrected chi connectivity index (χ1v) is 11.5. The van der Waals surface area contributed by atoms with E-state index in [-0.39, 0.29) is 18.2 Å². The fourth-order valence-electron chi connectivity index (χ4n) is 4.80. The number of rotatable bonds is 5. The number of ether oxygens (including phenoxy) is 2. The third kappa shape index (κ3) is 4.11. The number of fused-ring (bicyclic) bond motifs is 2. The van der Waals surface area contributed by atoms with Crippen LogP contribution in [0.1, 0.15) is 38.4 Å². The molecule has 0 fully saturated rings. The zero-order valence-corrected chi connectivity index (χ0v) is 19.5. The number of carbonyl (C=O) groups is 2. The van der Waals surface area contributed by atoms with Gasteiger partial charge in [-0.3, -0.25) is 14.7 Å². The SMILES string of the molecule is COc1ccc(OC)c(CC(=O)N2CCc3[nH]nc(C(=O)N4CCc5ccccc5C4)c3C2)c1. The number of nitrogens with one attached hydrogen (secondary N) is 1. The number of aromatic nitrogens is 2. The molecule has 2 aliphatic heterocycles. The maximum atomic E-state index is 13.4. The van der Waals surface area contributed by atoms with Crippen LogP contribution < -0.4 is 9.47 Å². The molecule has 0 saturated heterocycles. The lowest BCUT2D eigenvalue weighted by Gasteiger charge is -2.30. The van der Waals surface area contributed by atoms with E-state index in [0.717, 1.165) is 23.2 Å². The Labute approximate surface area is 198 Å². The van der Waals surface area contributed by atoms with Crippen LogP contribution in [0.4, 0.5) is 0 Å². The first-order chi connectivity index (χ1) is 16.6. The molecule has 3 aromatic rings. The Bertz CT molecular complexity index is 1240. The van der Waals surface area contributed by atoms with E-state index < -0.39 is 0 Å². The van der Waals surface area contributed by atoms with Gasteiger partial charge in [0.15, 0.2) is 5.69 Å². The standard InChI is InChI=1S/C26H28N4O4/c1-33-20-7-8-23(34-2)19(13-20)14-24(31)29-12-10-22-21(16-29)25(28-27-22)26(32)30-11-9-17-5-3-4-6-18(17)15-30/h3-8,13H,9-12,14-16H2,1-2H3,(H,27,28). The fourth-order valence-corrected chi connectivity index (χ4v) is 4.80. The van der Waals surface area contributed by atoms with Gasteiger partial charge in [-0.05, 0) is 35.7 Å². The number of H-pyrrole nitrogens is 1. The molecular weight excluding hydrogens is 432 g/mol. The zero-order chi connectivity index (χ0) is 23.7. The monoisotopic (exact) mass is 460 g/mol. The number of benzene rings is 2. The van der Waals surface area contributed by atoms with Gasteiger partial charge in [-0.25, -0.2) is 0 Å². The van der Waals surface area contributed by atoms with Crippen LogP contribution in [-0.2, 0) is 37.1 Å². The van der Waals surface area contributed by atoms with E-state index in [1.165, 1.54) is 11.1 Å². The lowest BCUT2D eigenvalue weighted by molar-refractivity contribution is -0.131. The minimum atomic E-state index is -0.0873. The Kier molecular flexibility index (Phi) is 5.96. The molecule has 3 heterocycles. The average Bonchev–Trinajstić information content (AvgIpc) is 3.31. The number of amides is 2. The molecule has 1 aromatic heterocycles. The molecule has 2 aromatic carbocycles. The highest BCUT2D eigenvalue weighted by atomic mass is 16.5. The second kappa shape index (κ2) is 9.21. The summed E-state index contributed by atoms with van der Waals surface area (Å²) < 4.78 is 10.7. The molecule has 0 spiro atoms. The van der Waals surface area contributed by atoms with Gasteiger partial charge in [0.25, 0.3) is 5.91 Å². The van der Waals surface area contributed by atoms with Crippen molar-refractivity contribution in [2.45, 2.75) is 32.4 Å². The second-order valence-electron chi connectivity index (χ2n) is 8.69. The highest BCUT2D eigenvalue weighted by molar-refractivity contribution is 5.94. The zero-order valence-electron chi connectivity index (χ0n) is 19.5. The smallest absolute Gasteiger partial charge is 0.275 e. The molecular formula is C26H28N4O4. The third-order valence-electron chi connectivity index (χ3n) is 6.74. The molecule has 8 heteroatoms. The summed E-state index contributed by atoms with van der Waals surface area (Å²) in [5, 5.41) is 7.40. The number of methoxy groups -OCH3 is 2. The third-order valence-corrected chi connectivity index (χ3v) is 6.74. The van der Waals surface area contributed by atoms with Crippen molar-refractivity contribution >= 4 is 11.8 Å². The Balaban J connectivity index is 1.32. The van der Waals surface area contributed by atoms with Crippen LogP contribution in [0.3, 0.4) is 0 Å². The molecule has 0 saturated carbocycles. The second-order valence-corrected chi connectivity index (χ2v) is 8.69. The Morgan fingerprint density at radius 2 is 1.76 bits per heavy atom. The average molecular weight is 461 g/mol.